The minimum absolute atomic E-state index is 0.243. The van der Waals surface area contributed by atoms with Crippen molar-refractivity contribution in [3.8, 4) is 22.6 Å². The third-order valence-corrected chi connectivity index (χ3v) is 5.97. The van der Waals surface area contributed by atoms with Crippen molar-refractivity contribution in [2.75, 3.05) is 13.2 Å². The maximum absolute atomic E-state index is 11.7. The van der Waals surface area contributed by atoms with Gasteiger partial charge in [-0.2, -0.15) is 0 Å². The van der Waals surface area contributed by atoms with E-state index in [1.54, 1.807) is 12.1 Å². The van der Waals surface area contributed by atoms with E-state index in [0.717, 1.165) is 28.0 Å². The van der Waals surface area contributed by atoms with Gasteiger partial charge >= 0.3 is 5.97 Å². The Hall–Kier alpha value is -4.58. The van der Waals surface area contributed by atoms with Gasteiger partial charge in [0, 0.05) is 6.42 Å². The fraction of sp³-hybridized carbons (Fsp3) is 0.188. The zero-order valence-corrected chi connectivity index (χ0v) is 21.5. The van der Waals surface area contributed by atoms with E-state index < -0.39 is 12.1 Å². The molecule has 0 fully saturated rings. The normalized spacial score (nSPS) is 12.0. The number of nitrogens with zero attached hydrogens (tertiary/aromatic N) is 1. The van der Waals surface area contributed by atoms with Gasteiger partial charge in [0.25, 0.3) is 0 Å². The summed E-state index contributed by atoms with van der Waals surface area (Å²) >= 11 is 0. The molecule has 1 N–H and O–H groups in total. The number of hydrogen-bond donors (Lipinski definition) is 1. The maximum Gasteiger partial charge on any atom is 0.345 e. The van der Waals surface area contributed by atoms with Crippen LogP contribution >= 0.6 is 0 Å². The van der Waals surface area contributed by atoms with Crippen molar-refractivity contribution in [3.05, 3.63) is 120 Å². The molecule has 0 aliphatic carbocycles. The zero-order valence-electron chi connectivity index (χ0n) is 21.5. The summed E-state index contributed by atoms with van der Waals surface area (Å²) in [4.78, 5) is 17.1. The van der Waals surface area contributed by atoms with Crippen LogP contribution in [-0.4, -0.2) is 36.1 Å². The molecule has 0 aromatic heterocycles. The number of carboxylic acids is 1. The maximum atomic E-state index is 11.7. The van der Waals surface area contributed by atoms with Crippen LogP contribution in [0.4, 0.5) is 0 Å². The van der Waals surface area contributed by atoms with E-state index in [9.17, 15) is 9.90 Å². The van der Waals surface area contributed by atoms with Crippen LogP contribution in [0.2, 0.25) is 0 Å². The molecule has 1 atom stereocenters. The lowest BCUT2D eigenvalue weighted by molar-refractivity contribution is -0.145. The van der Waals surface area contributed by atoms with Gasteiger partial charge in [-0.05, 0) is 60.4 Å². The fourth-order valence-corrected chi connectivity index (χ4v) is 3.82. The lowest BCUT2D eigenvalue weighted by Crippen LogP contribution is -2.29. The number of carbonyl (C=O) groups is 1. The minimum atomic E-state index is -1.01. The average Bonchev–Trinajstić information content (AvgIpc) is 2.95. The van der Waals surface area contributed by atoms with Gasteiger partial charge in [0.2, 0.25) is 0 Å². The summed E-state index contributed by atoms with van der Waals surface area (Å²) in [5.41, 5.74) is 6.03. The Labute approximate surface area is 223 Å². The predicted molar refractivity (Wildman–Crippen MR) is 149 cm³/mol. The molecular weight excluding hydrogens is 478 g/mol. The summed E-state index contributed by atoms with van der Waals surface area (Å²) in [7, 11) is 0. The van der Waals surface area contributed by atoms with E-state index >= 15 is 0 Å². The molecule has 0 saturated heterocycles. The van der Waals surface area contributed by atoms with Crippen molar-refractivity contribution in [2.45, 2.75) is 26.4 Å². The fourth-order valence-electron chi connectivity index (χ4n) is 3.82. The van der Waals surface area contributed by atoms with Crippen molar-refractivity contribution in [2.24, 2.45) is 5.16 Å². The highest BCUT2D eigenvalue weighted by Crippen LogP contribution is 2.20. The van der Waals surface area contributed by atoms with Crippen LogP contribution in [0.25, 0.3) is 11.1 Å². The highest BCUT2D eigenvalue weighted by atomic mass is 16.6. The second-order valence-electron chi connectivity index (χ2n) is 8.91. The summed E-state index contributed by atoms with van der Waals surface area (Å²) in [5, 5.41) is 13.8. The topological polar surface area (TPSA) is 77.3 Å². The minimum Gasteiger partial charge on any atom is -0.490 e. The highest BCUT2D eigenvalue weighted by Gasteiger charge is 2.20. The highest BCUT2D eigenvalue weighted by molar-refractivity contribution is 5.98. The van der Waals surface area contributed by atoms with E-state index in [-0.39, 0.29) is 6.42 Å². The molecular formula is C32H31NO5. The Morgan fingerprint density at radius 1 is 0.789 bits per heavy atom. The number of ether oxygens (including phenoxy) is 2. The van der Waals surface area contributed by atoms with Gasteiger partial charge in [0.05, 0.1) is 5.71 Å². The molecule has 0 saturated carbocycles. The van der Waals surface area contributed by atoms with Gasteiger partial charge in [-0.25, -0.2) is 4.79 Å². The second kappa shape index (κ2) is 13.1. The number of benzene rings is 4. The van der Waals surface area contributed by atoms with Crippen LogP contribution in [0.15, 0.2) is 108 Å². The number of oxime groups is 1. The smallest absolute Gasteiger partial charge is 0.345 e. The summed E-state index contributed by atoms with van der Waals surface area (Å²) in [5.74, 6) is 0.192. The molecule has 0 aliphatic rings. The first-order valence-electron chi connectivity index (χ1n) is 12.5. The SMILES string of the molecule is C/C(=N/OCCOc1ccc(C[C@H](Oc2ccc(C)cc2)C(=O)O)cc1)c1ccc(-c2ccccc2)cc1. The number of aryl methyl sites for hydroxylation is 1. The van der Waals surface area contributed by atoms with Crippen LogP contribution < -0.4 is 9.47 Å². The van der Waals surface area contributed by atoms with Crippen molar-refractivity contribution in [3.63, 3.8) is 0 Å². The van der Waals surface area contributed by atoms with Crippen LogP contribution in [0.5, 0.6) is 11.5 Å². The molecule has 4 aromatic carbocycles. The lowest BCUT2D eigenvalue weighted by atomic mass is 10.0. The molecule has 0 bridgehead atoms. The van der Waals surface area contributed by atoms with Crippen LogP contribution in [0.1, 0.15) is 23.6 Å². The Balaban J connectivity index is 1.21. The molecule has 6 nitrogen and oxygen atoms in total. The first-order valence-corrected chi connectivity index (χ1v) is 12.5. The van der Waals surface area contributed by atoms with E-state index in [0.29, 0.717) is 24.7 Å². The lowest BCUT2D eigenvalue weighted by Gasteiger charge is -2.15. The molecule has 4 rings (SSSR count). The third kappa shape index (κ3) is 7.71. The van der Waals surface area contributed by atoms with Crippen molar-refractivity contribution >= 4 is 11.7 Å². The molecule has 0 spiro atoms. The molecule has 6 heteroatoms. The molecule has 0 heterocycles. The monoisotopic (exact) mass is 509 g/mol. The van der Waals surface area contributed by atoms with Crippen LogP contribution in [-0.2, 0) is 16.1 Å². The van der Waals surface area contributed by atoms with Gasteiger partial charge in [-0.15, -0.1) is 0 Å². The Morgan fingerprint density at radius 3 is 2.08 bits per heavy atom. The summed E-state index contributed by atoms with van der Waals surface area (Å²) in [6.07, 6.45) is -0.735. The second-order valence-corrected chi connectivity index (χ2v) is 8.91. The van der Waals surface area contributed by atoms with E-state index in [1.807, 2.05) is 80.6 Å². The number of carboxylic acid groups (broad SMARTS) is 1. The molecule has 0 unspecified atom stereocenters. The Morgan fingerprint density at radius 2 is 1.42 bits per heavy atom. The zero-order chi connectivity index (χ0) is 26.7. The first-order chi connectivity index (χ1) is 18.5. The molecule has 194 valence electrons. The Kier molecular flexibility index (Phi) is 9.13. The van der Waals surface area contributed by atoms with E-state index in [1.165, 1.54) is 5.56 Å². The molecule has 0 radical (unpaired) electrons. The van der Waals surface area contributed by atoms with Gasteiger partial charge in [0.15, 0.2) is 12.7 Å². The summed E-state index contributed by atoms with van der Waals surface area (Å²) < 4.78 is 11.4. The van der Waals surface area contributed by atoms with Crippen molar-refractivity contribution < 1.29 is 24.2 Å². The Bertz CT molecular complexity index is 1330. The van der Waals surface area contributed by atoms with Crippen LogP contribution in [0.3, 0.4) is 0 Å². The number of aliphatic carboxylic acids is 1. The molecule has 0 aliphatic heterocycles. The number of hydrogen-bond acceptors (Lipinski definition) is 5. The predicted octanol–water partition coefficient (Wildman–Crippen LogP) is 6.56. The van der Waals surface area contributed by atoms with Gasteiger partial charge < -0.3 is 19.4 Å². The third-order valence-electron chi connectivity index (χ3n) is 5.97. The van der Waals surface area contributed by atoms with Gasteiger partial charge in [0.1, 0.15) is 18.1 Å². The largest absolute Gasteiger partial charge is 0.490 e. The standard InChI is InChI=1S/C32H31NO5/c1-23-8-16-30(17-9-23)38-31(32(34)35)22-25-10-18-29(19-11-25)36-20-21-37-33-24(2)26-12-14-28(15-13-26)27-6-4-3-5-7-27/h3-19,31H,20-22H2,1-2H3,(H,34,35)/b33-24-/t31-/m0/s1. The molecule has 4 aromatic rings. The van der Waals surface area contributed by atoms with E-state index in [4.69, 9.17) is 14.3 Å². The average molecular weight is 510 g/mol. The molecule has 38 heavy (non-hydrogen) atoms. The van der Waals surface area contributed by atoms with Crippen molar-refractivity contribution in [1.29, 1.82) is 0 Å². The quantitative estimate of drug-likeness (QED) is 0.133. The first kappa shape index (κ1) is 26.5. The summed E-state index contributed by atoms with van der Waals surface area (Å²) in [6.45, 7) is 4.50. The van der Waals surface area contributed by atoms with Gasteiger partial charge in [-0.3, -0.25) is 0 Å². The molecule has 0 amide bonds. The van der Waals surface area contributed by atoms with Crippen LogP contribution in [0, 0.1) is 6.92 Å². The van der Waals surface area contributed by atoms with Gasteiger partial charge in [-0.1, -0.05) is 89.6 Å². The summed E-state index contributed by atoms with van der Waals surface area (Å²) in [6, 6.07) is 33.1. The van der Waals surface area contributed by atoms with Crippen molar-refractivity contribution in [1.82, 2.24) is 0 Å². The number of rotatable bonds is 12. The van der Waals surface area contributed by atoms with E-state index in [2.05, 4.69) is 29.4 Å².